The van der Waals surface area contributed by atoms with Crippen LogP contribution >= 0.6 is 11.3 Å². The van der Waals surface area contributed by atoms with E-state index in [-0.39, 0.29) is 5.92 Å². The first-order valence-electron chi connectivity index (χ1n) is 7.82. The Hall–Kier alpha value is -2.63. The summed E-state index contributed by atoms with van der Waals surface area (Å²) in [4.78, 5) is 0.897. The molecule has 1 aliphatic rings. The SMILES string of the molecule is CC[C@H](C)C#C/C(C#N)=C/c1ccc(-c2scc3c2OCCO3)o1. The Balaban J connectivity index is 1.85. The normalized spacial score (nSPS) is 14.5. The number of nitrogens with zero attached hydrogens (tertiary/aromatic N) is 1. The van der Waals surface area contributed by atoms with Gasteiger partial charge in [-0.15, -0.1) is 11.3 Å². The molecule has 2 aromatic rings. The van der Waals surface area contributed by atoms with Gasteiger partial charge in [0.15, 0.2) is 11.5 Å². The maximum atomic E-state index is 9.22. The highest BCUT2D eigenvalue weighted by Gasteiger charge is 2.21. The minimum Gasteiger partial charge on any atom is -0.485 e. The molecule has 3 heterocycles. The third-order valence-electron chi connectivity index (χ3n) is 3.62. The molecule has 0 bridgehead atoms. The van der Waals surface area contributed by atoms with Crippen molar-refractivity contribution in [2.75, 3.05) is 13.2 Å². The van der Waals surface area contributed by atoms with Crippen LogP contribution in [0.3, 0.4) is 0 Å². The fourth-order valence-corrected chi connectivity index (χ4v) is 3.02. The third kappa shape index (κ3) is 3.48. The molecule has 1 aliphatic heterocycles. The molecule has 4 nitrogen and oxygen atoms in total. The number of hydrogen-bond acceptors (Lipinski definition) is 5. The summed E-state index contributed by atoms with van der Waals surface area (Å²) in [7, 11) is 0. The molecule has 0 aliphatic carbocycles. The van der Waals surface area contributed by atoms with Crippen LogP contribution in [0, 0.1) is 29.1 Å². The summed E-state index contributed by atoms with van der Waals surface area (Å²) in [5.74, 6) is 9.02. The minimum atomic E-state index is 0.267. The van der Waals surface area contributed by atoms with Crippen molar-refractivity contribution in [3.8, 4) is 40.0 Å². The first-order chi connectivity index (χ1) is 11.7. The van der Waals surface area contributed by atoms with Gasteiger partial charge in [0, 0.05) is 17.4 Å². The van der Waals surface area contributed by atoms with Crippen molar-refractivity contribution in [3.63, 3.8) is 0 Å². The van der Waals surface area contributed by atoms with Crippen molar-refractivity contribution in [1.82, 2.24) is 0 Å². The van der Waals surface area contributed by atoms with Crippen LogP contribution in [-0.4, -0.2) is 13.2 Å². The van der Waals surface area contributed by atoms with Crippen LogP contribution in [0.25, 0.3) is 16.7 Å². The van der Waals surface area contributed by atoms with Crippen molar-refractivity contribution >= 4 is 17.4 Å². The molecule has 0 saturated heterocycles. The lowest BCUT2D eigenvalue weighted by Gasteiger charge is -2.15. The number of fused-ring (bicyclic) bond motifs is 1. The molecule has 1 atom stereocenters. The van der Waals surface area contributed by atoms with Gasteiger partial charge in [0.05, 0.1) is 0 Å². The Morgan fingerprint density at radius 3 is 3.00 bits per heavy atom. The van der Waals surface area contributed by atoms with E-state index >= 15 is 0 Å². The fourth-order valence-electron chi connectivity index (χ4n) is 2.13. The molecular weight excluding hydrogens is 322 g/mol. The predicted octanol–water partition coefficient (Wildman–Crippen LogP) is 4.74. The van der Waals surface area contributed by atoms with Gasteiger partial charge in [-0.3, -0.25) is 0 Å². The van der Waals surface area contributed by atoms with E-state index in [0.717, 1.165) is 22.8 Å². The molecule has 0 N–H and O–H groups in total. The summed E-state index contributed by atoms with van der Waals surface area (Å²) < 4.78 is 17.1. The monoisotopic (exact) mass is 339 g/mol. The molecule has 0 aromatic carbocycles. The average molecular weight is 339 g/mol. The second-order valence-electron chi connectivity index (χ2n) is 5.41. The Morgan fingerprint density at radius 2 is 2.21 bits per heavy atom. The Morgan fingerprint density at radius 1 is 1.38 bits per heavy atom. The van der Waals surface area contributed by atoms with Gasteiger partial charge < -0.3 is 13.9 Å². The maximum Gasteiger partial charge on any atom is 0.183 e. The zero-order chi connectivity index (χ0) is 16.9. The van der Waals surface area contributed by atoms with Crippen molar-refractivity contribution in [3.05, 3.63) is 28.8 Å². The standard InChI is InChI=1S/C19H17NO3S/c1-3-13(2)4-5-14(11-20)10-15-6-7-16(23-15)19-18-17(12-24-19)21-8-9-22-18/h6-7,10,12-13H,3,8-9H2,1-2H3/b14-10-/t13-/m0/s1. The van der Waals surface area contributed by atoms with Gasteiger partial charge >= 0.3 is 0 Å². The van der Waals surface area contributed by atoms with E-state index in [1.165, 1.54) is 11.3 Å². The highest BCUT2D eigenvalue weighted by Crippen LogP contribution is 2.45. The third-order valence-corrected chi connectivity index (χ3v) is 4.58. The molecule has 0 radical (unpaired) electrons. The van der Waals surface area contributed by atoms with Crippen LogP contribution in [0.2, 0.25) is 0 Å². The van der Waals surface area contributed by atoms with E-state index in [2.05, 4.69) is 24.8 Å². The molecule has 0 spiro atoms. The summed E-state index contributed by atoms with van der Waals surface area (Å²) in [6.45, 7) is 5.21. The van der Waals surface area contributed by atoms with E-state index in [1.807, 2.05) is 24.4 Å². The van der Waals surface area contributed by atoms with Crippen LogP contribution in [0.1, 0.15) is 26.0 Å². The van der Waals surface area contributed by atoms with Crippen LogP contribution in [-0.2, 0) is 0 Å². The van der Waals surface area contributed by atoms with Gasteiger partial charge in [-0.1, -0.05) is 25.7 Å². The van der Waals surface area contributed by atoms with Crippen molar-refractivity contribution in [2.24, 2.45) is 5.92 Å². The van der Waals surface area contributed by atoms with Gasteiger partial charge in [0.1, 0.15) is 41.3 Å². The quantitative estimate of drug-likeness (QED) is 0.599. The molecule has 2 aromatic heterocycles. The van der Waals surface area contributed by atoms with E-state index in [1.54, 1.807) is 6.08 Å². The summed E-state index contributed by atoms with van der Waals surface area (Å²) in [6.07, 6.45) is 2.62. The van der Waals surface area contributed by atoms with Gasteiger partial charge in [0.2, 0.25) is 0 Å². The summed E-state index contributed by atoms with van der Waals surface area (Å²) in [6, 6.07) is 5.80. The lowest BCUT2D eigenvalue weighted by molar-refractivity contribution is 0.174. The first-order valence-corrected chi connectivity index (χ1v) is 8.70. The van der Waals surface area contributed by atoms with Crippen molar-refractivity contribution in [2.45, 2.75) is 20.3 Å². The number of ether oxygens (including phenoxy) is 2. The second-order valence-corrected chi connectivity index (χ2v) is 6.29. The summed E-state index contributed by atoms with van der Waals surface area (Å²) in [5, 5.41) is 11.1. The van der Waals surface area contributed by atoms with E-state index in [4.69, 9.17) is 13.9 Å². The van der Waals surface area contributed by atoms with Gasteiger partial charge in [0.25, 0.3) is 0 Å². The highest BCUT2D eigenvalue weighted by atomic mass is 32.1. The summed E-state index contributed by atoms with van der Waals surface area (Å²) in [5.41, 5.74) is 0.393. The van der Waals surface area contributed by atoms with Crippen LogP contribution in [0.5, 0.6) is 11.5 Å². The van der Waals surface area contributed by atoms with E-state index < -0.39 is 0 Å². The largest absolute Gasteiger partial charge is 0.485 e. The van der Waals surface area contributed by atoms with Crippen molar-refractivity contribution < 1.29 is 13.9 Å². The molecule has 0 saturated carbocycles. The maximum absolute atomic E-state index is 9.22. The molecule has 5 heteroatoms. The molecule has 24 heavy (non-hydrogen) atoms. The number of hydrogen-bond donors (Lipinski definition) is 0. The number of allylic oxidation sites excluding steroid dienone is 1. The minimum absolute atomic E-state index is 0.267. The van der Waals surface area contributed by atoms with Crippen LogP contribution in [0.15, 0.2) is 27.5 Å². The second kappa shape index (κ2) is 7.29. The molecule has 0 amide bonds. The molecule has 0 fully saturated rings. The number of thiophene rings is 1. The van der Waals surface area contributed by atoms with Crippen LogP contribution < -0.4 is 9.47 Å². The number of rotatable bonds is 3. The van der Waals surface area contributed by atoms with Crippen LogP contribution in [0.4, 0.5) is 0 Å². The highest BCUT2D eigenvalue weighted by molar-refractivity contribution is 7.14. The smallest absolute Gasteiger partial charge is 0.183 e. The topological polar surface area (TPSA) is 55.4 Å². The Labute approximate surface area is 145 Å². The van der Waals surface area contributed by atoms with Gasteiger partial charge in [-0.05, 0) is 18.6 Å². The molecule has 3 rings (SSSR count). The predicted molar refractivity (Wildman–Crippen MR) is 93.8 cm³/mol. The molecule has 122 valence electrons. The molecule has 0 unspecified atom stereocenters. The van der Waals surface area contributed by atoms with Gasteiger partial charge in [-0.25, -0.2) is 0 Å². The zero-order valence-corrected chi connectivity index (χ0v) is 14.4. The molecular formula is C19H17NO3S. The van der Waals surface area contributed by atoms with E-state index in [9.17, 15) is 5.26 Å². The number of furan rings is 1. The Kier molecular flexibility index (Phi) is 4.93. The summed E-state index contributed by atoms with van der Waals surface area (Å²) >= 11 is 1.52. The lowest BCUT2D eigenvalue weighted by Crippen LogP contribution is -2.14. The first kappa shape index (κ1) is 16.2. The lowest BCUT2D eigenvalue weighted by atomic mass is 10.1. The zero-order valence-electron chi connectivity index (χ0n) is 13.6. The van der Waals surface area contributed by atoms with Gasteiger partial charge in [-0.2, -0.15) is 5.26 Å². The van der Waals surface area contributed by atoms with Crippen molar-refractivity contribution in [1.29, 1.82) is 5.26 Å². The number of nitriles is 1. The Bertz CT molecular complexity index is 857. The fraction of sp³-hybridized carbons (Fsp3) is 0.316. The van der Waals surface area contributed by atoms with E-state index in [0.29, 0.717) is 30.3 Å². The average Bonchev–Trinajstić information content (AvgIpc) is 3.24.